The summed E-state index contributed by atoms with van der Waals surface area (Å²) in [6.07, 6.45) is 10.4. The van der Waals surface area contributed by atoms with Crippen molar-refractivity contribution in [2.75, 3.05) is 49.2 Å². The van der Waals surface area contributed by atoms with E-state index >= 15 is 0 Å². The zero-order valence-electron chi connectivity index (χ0n) is 15.3. The second kappa shape index (κ2) is 8.45. The van der Waals surface area contributed by atoms with Crippen LogP contribution in [0, 0.1) is 5.92 Å². The highest BCUT2D eigenvalue weighted by Gasteiger charge is 2.21. The molecule has 4 rings (SSSR count). The van der Waals surface area contributed by atoms with Gasteiger partial charge in [0, 0.05) is 44.6 Å². The fourth-order valence-electron chi connectivity index (χ4n) is 3.84. The van der Waals surface area contributed by atoms with Crippen LogP contribution in [0.15, 0.2) is 36.9 Å². The van der Waals surface area contributed by atoms with Gasteiger partial charge in [0.05, 0.1) is 13.2 Å². The van der Waals surface area contributed by atoms with E-state index in [4.69, 9.17) is 4.74 Å². The van der Waals surface area contributed by atoms with Gasteiger partial charge in [0.25, 0.3) is 0 Å². The van der Waals surface area contributed by atoms with Gasteiger partial charge in [-0.1, -0.05) is 6.07 Å². The molecule has 0 N–H and O–H groups in total. The van der Waals surface area contributed by atoms with Crippen LogP contribution in [0.5, 0.6) is 0 Å². The predicted molar refractivity (Wildman–Crippen MR) is 103 cm³/mol. The number of piperidine rings is 1. The van der Waals surface area contributed by atoms with Gasteiger partial charge in [0.2, 0.25) is 0 Å². The third-order valence-corrected chi connectivity index (χ3v) is 5.48. The number of aromatic nitrogens is 3. The summed E-state index contributed by atoms with van der Waals surface area (Å²) in [6, 6.07) is 6.34. The van der Waals surface area contributed by atoms with Crippen LogP contribution in [0.25, 0.3) is 0 Å². The number of rotatable bonds is 5. The molecule has 0 bridgehead atoms. The lowest BCUT2D eigenvalue weighted by Gasteiger charge is -2.34. The molecule has 2 aliphatic heterocycles. The molecule has 2 saturated heterocycles. The van der Waals surface area contributed by atoms with Crippen molar-refractivity contribution < 1.29 is 4.74 Å². The molecule has 0 spiro atoms. The minimum Gasteiger partial charge on any atom is -0.378 e. The molecule has 0 radical (unpaired) electrons. The van der Waals surface area contributed by atoms with E-state index in [1.807, 2.05) is 18.5 Å². The largest absolute Gasteiger partial charge is 0.378 e. The maximum atomic E-state index is 5.44. The Hall–Kier alpha value is -2.21. The maximum Gasteiger partial charge on any atom is 0.134 e. The smallest absolute Gasteiger partial charge is 0.134 e. The molecule has 4 heterocycles. The molecule has 26 heavy (non-hydrogen) atoms. The average Bonchev–Trinajstić information content (AvgIpc) is 2.74. The van der Waals surface area contributed by atoms with Crippen LogP contribution in [-0.4, -0.2) is 54.3 Å². The van der Waals surface area contributed by atoms with Crippen LogP contribution in [0.1, 0.15) is 24.8 Å². The van der Waals surface area contributed by atoms with Crippen LogP contribution < -0.4 is 9.80 Å². The lowest BCUT2D eigenvalue weighted by atomic mass is 9.91. The highest BCUT2D eigenvalue weighted by molar-refractivity contribution is 5.50. The quantitative estimate of drug-likeness (QED) is 0.823. The van der Waals surface area contributed by atoms with E-state index in [9.17, 15) is 0 Å². The van der Waals surface area contributed by atoms with Gasteiger partial charge in [-0.3, -0.25) is 4.98 Å². The second-order valence-electron chi connectivity index (χ2n) is 7.16. The molecule has 138 valence electrons. The molecule has 2 aromatic rings. The third kappa shape index (κ3) is 4.30. The van der Waals surface area contributed by atoms with Gasteiger partial charge < -0.3 is 14.5 Å². The minimum absolute atomic E-state index is 0.779. The van der Waals surface area contributed by atoms with Crippen molar-refractivity contribution in [1.29, 1.82) is 0 Å². The first kappa shape index (κ1) is 17.2. The summed E-state index contributed by atoms with van der Waals surface area (Å²) in [5.41, 5.74) is 1.35. The van der Waals surface area contributed by atoms with Crippen molar-refractivity contribution in [2.24, 2.45) is 5.92 Å². The van der Waals surface area contributed by atoms with Crippen LogP contribution in [0.2, 0.25) is 0 Å². The first-order valence-electron chi connectivity index (χ1n) is 9.67. The Balaban J connectivity index is 1.30. The summed E-state index contributed by atoms with van der Waals surface area (Å²) >= 11 is 0. The van der Waals surface area contributed by atoms with Gasteiger partial charge in [0.15, 0.2) is 0 Å². The highest BCUT2D eigenvalue weighted by Crippen LogP contribution is 2.26. The topological polar surface area (TPSA) is 54.4 Å². The summed E-state index contributed by atoms with van der Waals surface area (Å²) in [7, 11) is 0. The van der Waals surface area contributed by atoms with E-state index in [1.54, 1.807) is 6.33 Å². The molecule has 0 unspecified atom stereocenters. The van der Waals surface area contributed by atoms with Crippen LogP contribution in [0.4, 0.5) is 11.6 Å². The Morgan fingerprint density at radius 1 is 1.00 bits per heavy atom. The van der Waals surface area contributed by atoms with Gasteiger partial charge in [0.1, 0.15) is 18.0 Å². The number of nitrogens with zero attached hydrogens (tertiary/aromatic N) is 5. The van der Waals surface area contributed by atoms with Gasteiger partial charge in [-0.25, -0.2) is 9.97 Å². The Morgan fingerprint density at radius 2 is 1.73 bits per heavy atom. The molecule has 6 heteroatoms. The van der Waals surface area contributed by atoms with Crippen LogP contribution >= 0.6 is 0 Å². The first-order chi connectivity index (χ1) is 12.9. The minimum atomic E-state index is 0.779. The predicted octanol–water partition coefficient (Wildman–Crippen LogP) is 2.56. The normalized spacial score (nSPS) is 18.9. The monoisotopic (exact) mass is 353 g/mol. The molecular weight excluding hydrogens is 326 g/mol. The lowest BCUT2D eigenvalue weighted by Crippen LogP contribution is -2.37. The average molecular weight is 353 g/mol. The highest BCUT2D eigenvalue weighted by atomic mass is 16.5. The maximum absolute atomic E-state index is 5.44. The van der Waals surface area contributed by atoms with Crippen molar-refractivity contribution >= 4 is 11.6 Å². The molecule has 2 aliphatic rings. The SMILES string of the molecule is c1cncc(CCC2CCN(c3cc(N4CCOCC4)ncn3)CC2)c1. The Kier molecular flexibility index (Phi) is 5.59. The molecule has 0 saturated carbocycles. The van der Waals surface area contributed by atoms with Crippen molar-refractivity contribution in [2.45, 2.75) is 25.7 Å². The van der Waals surface area contributed by atoms with Gasteiger partial charge >= 0.3 is 0 Å². The van der Waals surface area contributed by atoms with Crippen molar-refractivity contribution in [3.8, 4) is 0 Å². The number of ether oxygens (including phenoxy) is 1. The molecule has 6 nitrogen and oxygen atoms in total. The van der Waals surface area contributed by atoms with E-state index in [2.05, 4.69) is 36.9 Å². The summed E-state index contributed by atoms with van der Waals surface area (Å²) in [4.78, 5) is 17.9. The van der Waals surface area contributed by atoms with E-state index in [1.165, 1.54) is 24.8 Å². The molecule has 0 aliphatic carbocycles. The number of hydrogen-bond donors (Lipinski definition) is 0. The van der Waals surface area contributed by atoms with Gasteiger partial charge in [-0.15, -0.1) is 0 Å². The van der Waals surface area contributed by atoms with Gasteiger partial charge in [-0.05, 0) is 43.2 Å². The molecule has 0 amide bonds. The molecular formula is C20H27N5O. The lowest BCUT2D eigenvalue weighted by molar-refractivity contribution is 0.122. The fraction of sp³-hybridized carbons (Fsp3) is 0.550. The van der Waals surface area contributed by atoms with Crippen LogP contribution in [0.3, 0.4) is 0 Å². The summed E-state index contributed by atoms with van der Waals surface area (Å²) in [5, 5.41) is 0. The number of aryl methyl sites for hydroxylation is 1. The fourth-order valence-corrected chi connectivity index (χ4v) is 3.84. The summed E-state index contributed by atoms with van der Waals surface area (Å²) < 4.78 is 5.44. The van der Waals surface area contributed by atoms with Crippen molar-refractivity contribution in [3.05, 3.63) is 42.5 Å². The third-order valence-electron chi connectivity index (χ3n) is 5.48. The number of hydrogen-bond acceptors (Lipinski definition) is 6. The summed E-state index contributed by atoms with van der Waals surface area (Å²) in [6.45, 7) is 5.54. The van der Waals surface area contributed by atoms with E-state index < -0.39 is 0 Å². The zero-order valence-corrected chi connectivity index (χ0v) is 15.3. The number of anilines is 2. The standard InChI is InChI=1S/C20H27N5O/c1-2-18(15-21-7-1)4-3-17-5-8-24(9-6-17)19-14-20(23-16-22-19)25-10-12-26-13-11-25/h1-2,7,14-17H,3-6,8-13H2. The Labute approximate surface area is 155 Å². The van der Waals surface area contributed by atoms with Crippen LogP contribution in [-0.2, 0) is 11.2 Å². The molecule has 2 aromatic heterocycles. The van der Waals surface area contributed by atoms with E-state index in [0.29, 0.717) is 0 Å². The van der Waals surface area contributed by atoms with E-state index in [0.717, 1.165) is 63.4 Å². The molecule has 0 aromatic carbocycles. The second-order valence-corrected chi connectivity index (χ2v) is 7.16. The molecule has 0 atom stereocenters. The van der Waals surface area contributed by atoms with Gasteiger partial charge in [-0.2, -0.15) is 0 Å². The van der Waals surface area contributed by atoms with E-state index in [-0.39, 0.29) is 0 Å². The summed E-state index contributed by atoms with van der Waals surface area (Å²) in [5.74, 6) is 2.89. The molecule has 2 fully saturated rings. The first-order valence-corrected chi connectivity index (χ1v) is 9.67. The number of pyridine rings is 1. The Bertz CT molecular complexity index is 682. The van der Waals surface area contributed by atoms with Crippen molar-refractivity contribution in [3.63, 3.8) is 0 Å². The Morgan fingerprint density at radius 3 is 2.42 bits per heavy atom. The zero-order chi connectivity index (χ0) is 17.6. The van der Waals surface area contributed by atoms with Crippen molar-refractivity contribution in [1.82, 2.24) is 15.0 Å². The number of morpholine rings is 1.